The Labute approximate surface area is 185 Å². The number of amides is 1. The highest BCUT2D eigenvalue weighted by atomic mass is 32.2. The van der Waals surface area contributed by atoms with Crippen molar-refractivity contribution in [1.82, 2.24) is 18.8 Å². The number of benzene rings is 1. The number of imidazole rings is 1. The molecule has 0 radical (unpaired) electrons. The normalized spacial score (nSPS) is 15.5. The molecule has 1 aromatic heterocycles. The van der Waals surface area contributed by atoms with Gasteiger partial charge in [-0.3, -0.25) is 4.79 Å². The Morgan fingerprint density at radius 1 is 1.13 bits per heavy atom. The smallest absolute Gasteiger partial charge is 0.243 e. The monoisotopic (exact) mass is 450 g/mol. The van der Waals surface area contributed by atoms with Crippen molar-refractivity contribution in [2.75, 3.05) is 39.4 Å². The summed E-state index contributed by atoms with van der Waals surface area (Å²) in [4.78, 5) is 19.6. The number of morpholine rings is 1. The molecule has 0 aliphatic carbocycles. The zero-order valence-electron chi connectivity index (χ0n) is 18.8. The van der Waals surface area contributed by atoms with Gasteiger partial charge in [0.25, 0.3) is 0 Å². The van der Waals surface area contributed by atoms with Gasteiger partial charge in [0.2, 0.25) is 15.9 Å². The van der Waals surface area contributed by atoms with E-state index < -0.39 is 10.0 Å². The minimum atomic E-state index is -3.57. The second kappa shape index (κ2) is 10.6. The van der Waals surface area contributed by atoms with E-state index in [1.54, 1.807) is 12.1 Å². The molecule has 1 aliphatic rings. The van der Waals surface area contributed by atoms with Gasteiger partial charge in [-0.15, -0.1) is 0 Å². The number of aryl methyl sites for hydroxylation is 2. The summed E-state index contributed by atoms with van der Waals surface area (Å²) in [6, 6.07) is 5.13. The molecule has 0 unspecified atom stereocenters. The highest BCUT2D eigenvalue weighted by Gasteiger charge is 2.27. The number of aromatic nitrogens is 2. The van der Waals surface area contributed by atoms with Crippen LogP contribution < -0.4 is 0 Å². The average Bonchev–Trinajstić information content (AvgIpc) is 3.14. The fourth-order valence-electron chi connectivity index (χ4n) is 4.08. The Bertz CT molecular complexity index is 990. The Morgan fingerprint density at radius 2 is 1.81 bits per heavy atom. The topological polar surface area (TPSA) is 84.7 Å². The van der Waals surface area contributed by atoms with E-state index in [-0.39, 0.29) is 10.8 Å². The lowest BCUT2D eigenvalue weighted by Crippen LogP contribution is -2.40. The SMILES string of the molecule is CCCN(CCC)C(=O)CCc1nc2cc(S(=O)(=O)N3CCOCC3)ccc2n1CC. The van der Waals surface area contributed by atoms with Crippen LogP contribution in [0.2, 0.25) is 0 Å². The first-order valence-corrected chi connectivity index (χ1v) is 12.7. The second-order valence-corrected chi connectivity index (χ2v) is 9.76. The molecule has 0 atom stereocenters. The summed E-state index contributed by atoms with van der Waals surface area (Å²) in [5.41, 5.74) is 1.54. The minimum Gasteiger partial charge on any atom is -0.379 e. The lowest BCUT2D eigenvalue weighted by molar-refractivity contribution is -0.131. The molecular weight excluding hydrogens is 416 g/mol. The summed E-state index contributed by atoms with van der Waals surface area (Å²) in [5, 5.41) is 0. The highest BCUT2D eigenvalue weighted by molar-refractivity contribution is 7.89. The number of sulfonamides is 1. The van der Waals surface area contributed by atoms with Crippen molar-refractivity contribution >= 4 is 27.0 Å². The average molecular weight is 451 g/mol. The van der Waals surface area contributed by atoms with E-state index in [0.29, 0.717) is 51.2 Å². The molecule has 31 heavy (non-hydrogen) atoms. The molecule has 0 bridgehead atoms. The molecule has 1 fully saturated rings. The maximum atomic E-state index is 13.0. The number of rotatable bonds is 10. The fraction of sp³-hybridized carbons (Fsp3) is 0.636. The Balaban J connectivity index is 1.82. The van der Waals surface area contributed by atoms with Crippen LogP contribution in [0.3, 0.4) is 0 Å². The minimum absolute atomic E-state index is 0.147. The summed E-state index contributed by atoms with van der Waals surface area (Å²) < 4.78 is 34.8. The Kier molecular flexibility index (Phi) is 8.07. The van der Waals surface area contributed by atoms with Crippen molar-refractivity contribution in [2.45, 2.75) is 57.9 Å². The summed E-state index contributed by atoms with van der Waals surface area (Å²) in [6.07, 6.45) is 2.83. The highest BCUT2D eigenvalue weighted by Crippen LogP contribution is 2.24. The fourth-order valence-corrected chi connectivity index (χ4v) is 5.51. The van der Waals surface area contributed by atoms with Crippen LogP contribution in [-0.2, 0) is 32.5 Å². The first kappa shape index (κ1) is 23.7. The van der Waals surface area contributed by atoms with Gasteiger partial charge in [-0.05, 0) is 38.0 Å². The van der Waals surface area contributed by atoms with Crippen LogP contribution in [0.25, 0.3) is 11.0 Å². The van der Waals surface area contributed by atoms with Gasteiger partial charge in [0, 0.05) is 45.6 Å². The van der Waals surface area contributed by atoms with Crippen molar-refractivity contribution in [3.8, 4) is 0 Å². The van der Waals surface area contributed by atoms with Crippen molar-refractivity contribution in [1.29, 1.82) is 0 Å². The molecule has 0 saturated carbocycles. The number of hydrogen-bond acceptors (Lipinski definition) is 5. The van der Waals surface area contributed by atoms with E-state index in [4.69, 9.17) is 9.72 Å². The molecule has 0 spiro atoms. The van der Waals surface area contributed by atoms with Crippen LogP contribution in [0, 0.1) is 0 Å². The first-order valence-electron chi connectivity index (χ1n) is 11.3. The van der Waals surface area contributed by atoms with Gasteiger partial charge in [-0.25, -0.2) is 13.4 Å². The maximum Gasteiger partial charge on any atom is 0.243 e. The van der Waals surface area contributed by atoms with Crippen molar-refractivity contribution in [3.63, 3.8) is 0 Å². The lowest BCUT2D eigenvalue weighted by Gasteiger charge is -2.26. The van der Waals surface area contributed by atoms with Crippen molar-refractivity contribution < 1.29 is 17.9 Å². The molecule has 1 aliphatic heterocycles. The van der Waals surface area contributed by atoms with Crippen LogP contribution in [-0.4, -0.2) is 72.5 Å². The lowest BCUT2D eigenvalue weighted by atomic mass is 10.2. The third-order valence-electron chi connectivity index (χ3n) is 5.63. The number of carbonyl (C=O) groups is 1. The molecule has 0 N–H and O–H groups in total. The number of ether oxygens (including phenoxy) is 1. The summed E-state index contributed by atoms with van der Waals surface area (Å²) in [6.45, 7) is 10.0. The van der Waals surface area contributed by atoms with Crippen LogP contribution in [0.4, 0.5) is 0 Å². The molecule has 3 rings (SSSR count). The predicted molar refractivity (Wildman–Crippen MR) is 120 cm³/mol. The van der Waals surface area contributed by atoms with E-state index in [9.17, 15) is 13.2 Å². The van der Waals surface area contributed by atoms with Gasteiger partial charge >= 0.3 is 0 Å². The molecular formula is C22H34N4O4S. The van der Waals surface area contributed by atoms with Gasteiger partial charge in [0.05, 0.1) is 29.1 Å². The van der Waals surface area contributed by atoms with E-state index in [1.807, 2.05) is 17.9 Å². The largest absolute Gasteiger partial charge is 0.379 e. The van der Waals surface area contributed by atoms with Crippen LogP contribution in [0.15, 0.2) is 23.1 Å². The Morgan fingerprint density at radius 3 is 2.42 bits per heavy atom. The zero-order valence-corrected chi connectivity index (χ0v) is 19.7. The predicted octanol–water partition coefficient (Wildman–Crippen LogP) is 2.66. The summed E-state index contributed by atoms with van der Waals surface area (Å²) in [5.74, 6) is 0.966. The standard InChI is InChI=1S/C22H34N4O4S/c1-4-11-24(12-5-2)22(27)10-9-21-23-19-17-18(7-8-20(19)26(21)6-3)31(28,29)25-13-15-30-16-14-25/h7-8,17H,4-6,9-16H2,1-3H3. The van der Waals surface area contributed by atoms with Crippen LogP contribution >= 0.6 is 0 Å². The molecule has 8 nitrogen and oxygen atoms in total. The van der Waals surface area contributed by atoms with Gasteiger partial charge in [-0.1, -0.05) is 13.8 Å². The van der Waals surface area contributed by atoms with Crippen molar-refractivity contribution in [3.05, 3.63) is 24.0 Å². The number of fused-ring (bicyclic) bond motifs is 1. The number of nitrogens with zero attached hydrogens (tertiary/aromatic N) is 4. The van der Waals surface area contributed by atoms with E-state index in [2.05, 4.69) is 18.4 Å². The zero-order chi connectivity index (χ0) is 22.4. The molecule has 1 amide bonds. The molecule has 9 heteroatoms. The third kappa shape index (κ3) is 5.27. The maximum absolute atomic E-state index is 13.0. The Hall–Kier alpha value is -1.97. The summed E-state index contributed by atoms with van der Waals surface area (Å²) >= 11 is 0. The third-order valence-corrected chi connectivity index (χ3v) is 7.52. The van der Waals surface area contributed by atoms with Crippen LogP contribution in [0.5, 0.6) is 0 Å². The van der Waals surface area contributed by atoms with E-state index in [0.717, 1.165) is 37.3 Å². The van der Waals surface area contributed by atoms with Crippen molar-refractivity contribution in [2.24, 2.45) is 0 Å². The van der Waals surface area contributed by atoms with E-state index in [1.165, 1.54) is 4.31 Å². The second-order valence-electron chi connectivity index (χ2n) is 7.82. The van der Waals surface area contributed by atoms with Gasteiger partial charge < -0.3 is 14.2 Å². The molecule has 2 heterocycles. The quantitative estimate of drug-likeness (QED) is 0.556. The summed E-state index contributed by atoms with van der Waals surface area (Å²) in [7, 11) is -3.57. The number of carbonyl (C=O) groups excluding carboxylic acids is 1. The number of hydrogen-bond donors (Lipinski definition) is 0. The van der Waals surface area contributed by atoms with Gasteiger partial charge in [0.15, 0.2) is 0 Å². The van der Waals surface area contributed by atoms with Gasteiger partial charge in [-0.2, -0.15) is 4.31 Å². The molecule has 2 aromatic rings. The first-order chi connectivity index (χ1) is 14.9. The van der Waals surface area contributed by atoms with Gasteiger partial charge in [0.1, 0.15) is 5.82 Å². The molecule has 1 saturated heterocycles. The van der Waals surface area contributed by atoms with E-state index >= 15 is 0 Å². The molecule has 172 valence electrons. The molecule has 1 aromatic carbocycles. The van der Waals surface area contributed by atoms with Crippen LogP contribution in [0.1, 0.15) is 45.9 Å².